The highest BCUT2D eigenvalue weighted by molar-refractivity contribution is 7.98. The Balaban J connectivity index is 2.59. The first-order valence-electron chi connectivity index (χ1n) is 6.94. The maximum Gasteiger partial charge on any atom is 0.147 e. The van der Waals surface area contributed by atoms with E-state index in [4.69, 9.17) is 21.3 Å². The van der Waals surface area contributed by atoms with Crippen LogP contribution in [-0.2, 0) is 5.88 Å². The number of imidazole rings is 1. The predicted octanol–water partition coefficient (Wildman–Crippen LogP) is 4.49. The zero-order valence-corrected chi connectivity index (χ0v) is 13.8. The van der Waals surface area contributed by atoms with Gasteiger partial charge in [-0.25, -0.2) is 4.98 Å². The minimum atomic E-state index is 0.417. The molecule has 20 heavy (non-hydrogen) atoms. The molecule has 1 unspecified atom stereocenters. The minimum Gasteiger partial charge on any atom is -0.492 e. The molecule has 1 aromatic heterocycles. The summed E-state index contributed by atoms with van der Waals surface area (Å²) in [5.74, 6) is 3.25. The Kier molecular flexibility index (Phi) is 5.61. The molecule has 0 spiro atoms. The van der Waals surface area contributed by atoms with Crippen LogP contribution in [0, 0.1) is 0 Å². The van der Waals surface area contributed by atoms with Gasteiger partial charge in [0.2, 0.25) is 0 Å². The highest BCUT2D eigenvalue weighted by Gasteiger charge is 2.19. The van der Waals surface area contributed by atoms with Crippen LogP contribution in [0.2, 0.25) is 0 Å². The Labute approximate surface area is 129 Å². The third-order valence-electron chi connectivity index (χ3n) is 3.37. The molecule has 1 heterocycles. The summed E-state index contributed by atoms with van der Waals surface area (Å²) in [6.07, 6.45) is 3.20. The number of hydrogen-bond donors (Lipinski definition) is 0. The number of aromatic nitrogens is 2. The van der Waals surface area contributed by atoms with Crippen molar-refractivity contribution in [2.75, 3.05) is 18.6 Å². The quantitative estimate of drug-likeness (QED) is 0.705. The highest BCUT2D eigenvalue weighted by atomic mass is 35.5. The van der Waals surface area contributed by atoms with Gasteiger partial charge in [-0.3, -0.25) is 0 Å². The van der Waals surface area contributed by atoms with E-state index in [1.54, 1.807) is 0 Å². The third-order valence-corrected chi connectivity index (χ3v) is 4.33. The van der Waals surface area contributed by atoms with E-state index in [2.05, 4.69) is 23.8 Å². The molecule has 0 N–H and O–H groups in total. The standard InChI is InChI=1S/C15H21ClN2OS/c1-4-11(10-20-3)18-12-7-6-8-13(19-5-2)15(12)17-14(18)9-16/h6-8,11H,4-5,9-10H2,1-3H3. The van der Waals surface area contributed by atoms with Gasteiger partial charge in [-0.1, -0.05) is 13.0 Å². The van der Waals surface area contributed by atoms with Gasteiger partial charge in [0.1, 0.15) is 17.1 Å². The molecule has 0 saturated heterocycles. The summed E-state index contributed by atoms with van der Waals surface area (Å²) in [6, 6.07) is 6.51. The topological polar surface area (TPSA) is 27.1 Å². The van der Waals surface area contributed by atoms with Crippen molar-refractivity contribution in [1.29, 1.82) is 0 Å². The molecule has 0 saturated carbocycles. The summed E-state index contributed by atoms with van der Waals surface area (Å²) < 4.78 is 7.96. The van der Waals surface area contributed by atoms with E-state index in [0.717, 1.165) is 34.8 Å². The first kappa shape index (κ1) is 15.5. The number of thioether (sulfide) groups is 1. The number of rotatable bonds is 7. The fourth-order valence-electron chi connectivity index (χ4n) is 2.48. The van der Waals surface area contributed by atoms with Crippen molar-refractivity contribution in [1.82, 2.24) is 9.55 Å². The molecule has 110 valence electrons. The fourth-order valence-corrected chi connectivity index (χ4v) is 3.44. The van der Waals surface area contributed by atoms with Crippen LogP contribution < -0.4 is 4.74 Å². The van der Waals surface area contributed by atoms with Gasteiger partial charge in [-0.2, -0.15) is 11.8 Å². The molecule has 0 aliphatic heterocycles. The summed E-state index contributed by atoms with van der Waals surface area (Å²) >= 11 is 7.96. The van der Waals surface area contributed by atoms with Crippen molar-refractivity contribution in [3.05, 3.63) is 24.0 Å². The van der Waals surface area contributed by atoms with Crippen LogP contribution in [0.25, 0.3) is 11.0 Å². The monoisotopic (exact) mass is 312 g/mol. The van der Waals surface area contributed by atoms with Crippen molar-refractivity contribution in [2.24, 2.45) is 0 Å². The second-order valence-electron chi connectivity index (χ2n) is 4.61. The van der Waals surface area contributed by atoms with Gasteiger partial charge < -0.3 is 9.30 Å². The lowest BCUT2D eigenvalue weighted by atomic mass is 10.2. The van der Waals surface area contributed by atoms with Crippen LogP contribution in [-0.4, -0.2) is 28.2 Å². The molecule has 0 amide bonds. The minimum absolute atomic E-state index is 0.417. The van der Waals surface area contributed by atoms with E-state index >= 15 is 0 Å². The average Bonchev–Trinajstić information content (AvgIpc) is 2.84. The van der Waals surface area contributed by atoms with Crippen molar-refractivity contribution >= 4 is 34.4 Å². The summed E-state index contributed by atoms with van der Waals surface area (Å²) in [6.45, 7) is 4.84. The predicted molar refractivity (Wildman–Crippen MR) is 88.2 cm³/mol. The number of nitrogens with zero attached hydrogens (tertiary/aromatic N) is 2. The van der Waals surface area contributed by atoms with Crippen LogP contribution in [0.15, 0.2) is 18.2 Å². The Morgan fingerprint density at radius 3 is 2.80 bits per heavy atom. The van der Waals surface area contributed by atoms with Crippen molar-refractivity contribution < 1.29 is 4.74 Å². The Bertz CT molecular complexity index is 570. The summed E-state index contributed by atoms with van der Waals surface area (Å²) in [7, 11) is 0. The maximum absolute atomic E-state index is 6.10. The molecule has 2 rings (SSSR count). The summed E-state index contributed by atoms with van der Waals surface area (Å²) in [4.78, 5) is 4.70. The average molecular weight is 313 g/mol. The molecule has 5 heteroatoms. The van der Waals surface area contributed by atoms with Gasteiger partial charge >= 0.3 is 0 Å². The molecule has 0 bridgehead atoms. The molecular weight excluding hydrogens is 292 g/mol. The van der Waals surface area contributed by atoms with E-state index in [0.29, 0.717) is 18.5 Å². The molecular formula is C15H21ClN2OS. The van der Waals surface area contributed by atoms with Crippen LogP contribution in [0.5, 0.6) is 5.75 Å². The molecule has 0 aliphatic rings. The highest BCUT2D eigenvalue weighted by Crippen LogP contribution is 2.31. The second kappa shape index (κ2) is 7.23. The Hall–Kier alpha value is -0.870. The summed E-state index contributed by atoms with van der Waals surface area (Å²) in [5, 5.41) is 0. The van der Waals surface area contributed by atoms with Gasteiger partial charge in [0.05, 0.1) is 18.0 Å². The largest absolute Gasteiger partial charge is 0.492 e. The van der Waals surface area contributed by atoms with Gasteiger partial charge in [0, 0.05) is 11.8 Å². The van der Waals surface area contributed by atoms with Crippen molar-refractivity contribution in [3.8, 4) is 5.75 Å². The van der Waals surface area contributed by atoms with Crippen molar-refractivity contribution in [3.63, 3.8) is 0 Å². The van der Waals surface area contributed by atoms with Gasteiger partial charge in [0.25, 0.3) is 0 Å². The number of alkyl halides is 1. The molecule has 0 fully saturated rings. The summed E-state index contributed by atoms with van der Waals surface area (Å²) in [5.41, 5.74) is 2.04. The van der Waals surface area contributed by atoms with Crippen LogP contribution in [0.4, 0.5) is 0 Å². The van der Waals surface area contributed by atoms with Crippen LogP contribution >= 0.6 is 23.4 Å². The molecule has 1 aromatic carbocycles. The lowest BCUT2D eigenvalue weighted by Crippen LogP contribution is -2.13. The SMILES string of the molecule is CCOc1cccc2c1nc(CCl)n2C(CC)CSC. The number of hydrogen-bond acceptors (Lipinski definition) is 3. The van der Waals surface area contributed by atoms with Crippen LogP contribution in [0.1, 0.15) is 32.1 Å². The van der Waals surface area contributed by atoms with Crippen LogP contribution in [0.3, 0.4) is 0 Å². The second-order valence-corrected chi connectivity index (χ2v) is 5.78. The Morgan fingerprint density at radius 1 is 1.40 bits per heavy atom. The fraction of sp³-hybridized carbons (Fsp3) is 0.533. The number of ether oxygens (including phenoxy) is 1. The number of benzene rings is 1. The zero-order chi connectivity index (χ0) is 14.5. The van der Waals surface area contributed by atoms with Crippen molar-refractivity contribution in [2.45, 2.75) is 32.2 Å². The first-order valence-corrected chi connectivity index (χ1v) is 8.87. The van der Waals surface area contributed by atoms with Gasteiger partial charge in [-0.15, -0.1) is 11.6 Å². The molecule has 1 atom stereocenters. The molecule has 0 radical (unpaired) electrons. The van der Waals surface area contributed by atoms with E-state index in [1.165, 1.54) is 0 Å². The maximum atomic E-state index is 6.10. The first-order chi connectivity index (χ1) is 9.76. The van der Waals surface area contributed by atoms with E-state index in [9.17, 15) is 0 Å². The van der Waals surface area contributed by atoms with E-state index in [1.807, 2.05) is 30.8 Å². The normalized spacial score (nSPS) is 12.8. The van der Waals surface area contributed by atoms with Gasteiger partial charge in [0.15, 0.2) is 0 Å². The van der Waals surface area contributed by atoms with E-state index < -0.39 is 0 Å². The molecule has 3 nitrogen and oxygen atoms in total. The molecule has 2 aromatic rings. The lowest BCUT2D eigenvalue weighted by molar-refractivity contribution is 0.343. The zero-order valence-electron chi connectivity index (χ0n) is 12.2. The Morgan fingerprint density at radius 2 is 2.20 bits per heavy atom. The molecule has 0 aliphatic carbocycles. The smallest absolute Gasteiger partial charge is 0.147 e. The van der Waals surface area contributed by atoms with E-state index in [-0.39, 0.29) is 0 Å². The third kappa shape index (κ3) is 2.91. The van der Waals surface area contributed by atoms with Gasteiger partial charge in [-0.05, 0) is 31.7 Å². The number of fused-ring (bicyclic) bond motifs is 1. The number of para-hydroxylation sites is 1. The number of halogens is 1. The lowest BCUT2D eigenvalue weighted by Gasteiger charge is -2.19.